The summed E-state index contributed by atoms with van der Waals surface area (Å²) in [6, 6.07) is 7.36. The predicted octanol–water partition coefficient (Wildman–Crippen LogP) is 3.90. The highest BCUT2D eigenvalue weighted by atomic mass is 19.4. The van der Waals surface area contributed by atoms with Gasteiger partial charge in [-0.25, -0.2) is 4.79 Å². The van der Waals surface area contributed by atoms with Crippen LogP contribution in [0.1, 0.15) is 25.7 Å². The third kappa shape index (κ3) is 3.88. The number of carbonyl (C=O) groups excluding carboxylic acids is 1. The predicted molar refractivity (Wildman–Crippen MR) is 67.4 cm³/mol. The molecule has 1 N–H and O–H groups in total. The Bertz CT molecular complexity index is 447. The summed E-state index contributed by atoms with van der Waals surface area (Å²) in [5, 5.41) is 2.34. The summed E-state index contributed by atoms with van der Waals surface area (Å²) in [4.78, 5) is 11.7. The Morgan fingerprint density at radius 1 is 1.15 bits per heavy atom. The van der Waals surface area contributed by atoms with Crippen LogP contribution in [-0.4, -0.2) is 18.3 Å². The first kappa shape index (κ1) is 14.7. The number of ether oxygens (including phenoxy) is 1. The Morgan fingerprint density at radius 2 is 1.80 bits per heavy atom. The number of benzene rings is 1. The van der Waals surface area contributed by atoms with Gasteiger partial charge in [0, 0.05) is 6.04 Å². The molecule has 0 heterocycles. The van der Waals surface area contributed by atoms with Gasteiger partial charge in [-0.2, -0.15) is 13.2 Å². The Kier molecular flexibility index (Phi) is 4.52. The van der Waals surface area contributed by atoms with E-state index >= 15 is 0 Å². The van der Waals surface area contributed by atoms with Gasteiger partial charge in [-0.15, -0.1) is 0 Å². The van der Waals surface area contributed by atoms with E-state index in [0.717, 1.165) is 0 Å². The van der Waals surface area contributed by atoms with Crippen LogP contribution in [0, 0.1) is 5.92 Å². The first-order valence-electron chi connectivity index (χ1n) is 6.57. The van der Waals surface area contributed by atoms with E-state index in [1.54, 1.807) is 30.3 Å². The SMILES string of the molecule is O=C(NC1CCCCC1C(F)(F)F)Oc1ccccc1. The normalized spacial score (nSPS) is 23.1. The average molecular weight is 287 g/mol. The van der Waals surface area contributed by atoms with Crippen LogP contribution >= 0.6 is 0 Å². The van der Waals surface area contributed by atoms with Crippen LogP contribution in [0.15, 0.2) is 30.3 Å². The van der Waals surface area contributed by atoms with E-state index in [0.29, 0.717) is 25.0 Å². The second-order valence-corrected chi connectivity index (χ2v) is 4.89. The van der Waals surface area contributed by atoms with Crippen molar-refractivity contribution < 1.29 is 22.7 Å². The van der Waals surface area contributed by atoms with E-state index in [9.17, 15) is 18.0 Å². The molecule has 3 nitrogen and oxygen atoms in total. The molecule has 1 aliphatic rings. The van der Waals surface area contributed by atoms with E-state index < -0.39 is 24.2 Å². The van der Waals surface area contributed by atoms with Crippen LogP contribution in [0.5, 0.6) is 5.75 Å². The van der Waals surface area contributed by atoms with Gasteiger partial charge in [-0.05, 0) is 25.0 Å². The van der Waals surface area contributed by atoms with E-state index in [-0.39, 0.29) is 6.42 Å². The van der Waals surface area contributed by atoms with Crippen LogP contribution in [0.25, 0.3) is 0 Å². The Morgan fingerprint density at radius 3 is 2.45 bits per heavy atom. The van der Waals surface area contributed by atoms with Crippen molar-refractivity contribution in [1.82, 2.24) is 5.32 Å². The second kappa shape index (κ2) is 6.15. The van der Waals surface area contributed by atoms with E-state index in [1.807, 2.05) is 0 Å². The molecule has 2 rings (SSSR count). The molecule has 2 unspecified atom stereocenters. The highest BCUT2D eigenvalue weighted by Crippen LogP contribution is 2.37. The standard InChI is InChI=1S/C14H16F3NO2/c15-14(16,17)11-8-4-5-9-12(11)18-13(19)20-10-6-2-1-3-7-10/h1-3,6-7,11-12H,4-5,8-9H2,(H,18,19). The minimum atomic E-state index is -4.29. The maximum Gasteiger partial charge on any atom is 0.412 e. The summed E-state index contributed by atoms with van der Waals surface area (Å²) in [5.74, 6) is -1.18. The fourth-order valence-electron chi connectivity index (χ4n) is 2.47. The van der Waals surface area contributed by atoms with Crippen LogP contribution in [0.2, 0.25) is 0 Å². The molecule has 0 saturated heterocycles. The second-order valence-electron chi connectivity index (χ2n) is 4.89. The van der Waals surface area contributed by atoms with Gasteiger partial charge in [0.05, 0.1) is 5.92 Å². The maximum atomic E-state index is 12.9. The van der Waals surface area contributed by atoms with Crippen LogP contribution in [-0.2, 0) is 0 Å². The van der Waals surface area contributed by atoms with Crippen molar-refractivity contribution in [3.63, 3.8) is 0 Å². The molecule has 0 spiro atoms. The van der Waals surface area contributed by atoms with Crippen LogP contribution in [0.3, 0.4) is 0 Å². The van der Waals surface area contributed by atoms with Gasteiger partial charge in [0.25, 0.3) is 0 Å². The molecule has 0 aromatic heterocycles. The van der Waals surface area contributed by atoms with E-state index in [1.165, 1.54) is 0 Å². The summed E-state index contributed by atoms with van der Waals surface area (Å²) >= 11 is 0. The summed E-state index contributed by atoms with van der Waals surface area (Å²) in [6.07, 6.45) is -3.52. The number of amides is 1. The largest absolute Gasteiger partial charge is 0.412 e. The number of alkyl halides is 3. The lowest BCUT2D eigenvalue weighted by Gasteiger charge is -2.33. The van der Waals surface area contributed by atoms with Crippen molar-refractivity contribution >= 4 is 6.09 Å². The lowest BCUT2D eigenvalue weighted by molar-refractivity contribution is -0.188. The molecular weight excluding hydrogens is 271 g/mol. The third-order valence-electron chi connectivity index (χ3n) is 3.44. The molecule has 110 valence electrons. The Balaban J connectivity index is 1.95. The number of para-hydroxylation sites is 1. The lowest BCUT2D eigenvalue weighted by Crippen LogP contribution is -2.48. The highest BCUT2D eigenvalue weighted by Gasteiger charge is 2.46. The molecular formula is C14H16F3NO2. The van der Waals surface area contributed by atoms with Gasteiger partial charge < -0.3 is 10.1 Å². The quantitative estimate of drug-likeness (QED) is 0.896. The van der Waals surface area contributed by atoms with Gasteiger partial charge >= 0.3 is 12.3 Å². The fourth-order valence-corrected chi connectivity index (χ4v) is 2.47. The van der Waals surface area contributed by atoms with Gasteiger partial charge in [0.2, 0.25) is 0 Å². The van der Waals surface area contributed by atoms with Gasteiger partial charge in [-0.3, -0.25) is 0 Å². The maximum absolute atomic E-state index is 12.9. The molecule has 1 aromatic rings. The van der Waals surface area contributed by atoms with Gasteiger partial charge in [-0.1, -0.05) is 31.0 Å². The average Bonchev–Trinajstić information content (AvgIpc) is 2.39. The van der Waals surface area contributed by atoms with Crippen LogP contribution < -0.4 is 10.1 Å². The molecule has 0 radical (unpaired) electrons. The topological polar surface area (TPSA) is 38.3 Å². The number of halogens is 3. The minimum absolute atomic E-state index is 0.0553. The summed E-state index contributed by atoms with van der Waals surface area (Å²) < 4.78 is 43.6. The Hall–Kier alpha value is -1.72. The minimum Gasteiger partial charge on any atom is -0.410 e. The summed E-state index contributed by atoms with van der Waals surface area (Å²) in [7, 11) is 0. The third-order valence-corrected chi connectivity index (χ3v) is 3.44. The number of hydrogen-bond acceptors (Lipinski definition) is 2. The lowest BCUT2D eigenvalue weighted by atomic mass is 9.84. The van der Waals surface area contributed by atoms with Crippen molar-refractivity contribution in [1.29, 1.82) is 0 Å². The summed E-state index contributed by atoms with van der Waals surface area (Å²) in [6.45, 7) is 0. The van der Waals surface area contributed by atoms with E-state index in [4.69, 9.17) is 4.74 Å². The van der Waals surface area contributed by atoms with Crippen molar-refractivity contribution in [3.05, 3.63) is 30.3 Å². The van der Waals surface area contributed by atoms with Crippen molar-refractivity contribution in [2.75, 3.05) is 0 Å². The molecule has 1 saturated carbocycles. The zero-order valence-electron chi connectivity index (χ0n) is 10.8. The molecule has 1 fully saturated rings. The molecule has 6 heteroatoms. The summed E-state index contributed by atoms with van der Waals surface area (Å²) in [5.41, 5.74) is 0. The molecule has 2 atom stereocenters. The van der Waals surface area contributed by atoms with Crippen LogP contribution in [0.4, 0.5) is 18.0 Å². The number of nitrogens with one attached hydrogen (secondary N) is 1. The molecule has 20 heavy (non-hydrogen) atoms. The van der Waals surface area contributed by atoms with Gasteiger partial charge in [0.15, 0.2) is 0 Å². The fraction of sp³-hybridized carbons (Fsp3) is 0.500. The Labute approximate surface area is 115 Å². The monoisotopic (exact) mass is 287 g/mol. The van der Waals surface area contributed by atoms with Crippen molar-refractivity contribution in [2.24, 2.45) is 5.92 Å². The zero-order chi connectivity index (χ0) is 14.6. The zero-order valence-corrected chi connectivity index (χ0v) is 10.8. The van der Waals surface area contributed by atoms with Crippen molar-refractivity contribution in [2.45, 2.75) is 37.9 Å². The molecule has 1 aromatic carbocycles. The molecule has 0 aliphatic heterocycles. The first-order chi connectivity index (χ1) is 9.47. The number of hydrogen-bond donors (Lipinski definition) is 1. The first-order valence-corrected chi connectivity index (χ1v) is 6.57. The van der Waals surface area contributed by atoms with Crippen molar-refractivity contribution in [3.8, 4) is 5.75 Å². The smallest absolute Gasteiger partial charge is 0.410 e. The molecule has 1 aliphatic carbocycles. The van der Waals surface area contributed by atoms with Gasteiger partial charge in [0.1, 0.15) is 5.75 Å². The number of rotatable bonds is 2. The van der Waals surface area contributed by atoms with E-state index in [2.05, 4.69) is 5.32 Å². The molecule has 1 amide bonds. The highest BCUT2D eigenvalue weighted by molar-refractivity contribution is 5.70. The molecule has 0 bridgehead atoms. The number of carbonyl (C=O) groups is 1.